The van der Waals surface area contributed by atoms with Crippen molar-refractivity contribution in [3.8, 4) is 11.4 Å². The van der Waals surface area contributed by atoms with Crippen LogP contribution in [0, 0.1) is 0 Å². The third kappa shape index (κ3) is 4.78. The highest BCUT2D eigenvalue weighted by molar-refractivity contribution is 5.82. The Balaban J connectivity index is 1.42. The molecule has 1 amide bonds. The molecule has 2 N–H and O–H groups in total. The molecule has 3 aromatic carbocycles. The van der Waals surface area contributed by atoms with E-state index >= 15 is 0 Å². The molecule has 0 bridgehead atoms. The fourth-order valence-corrected chi connectivity index (χ4v) is 3.56. The van der Waals surface area contributed by atoms with Crippen molar-refractivity contribution in [1.82, 2.24) is 14.9 Å². The number of fused-ring (bicyclic) bond motifs is 1. The van der Waals surface area contributed by atoms with Gasteiger partial charge in [-0.1, -0.05) is 66.7 Å². The second kappa shape index (κ2) is 9.34. The lowest BCUT2D eigenvalue weighted by molar-refractivity contribution is -0.139. The molecule has 4 aromatic rings. The van der Waals surface area contributed by atoms with E-state index in [1.54, 1.807) is 0 Å². The molecule has 1 atom stereocenters. The van der Waals surface area contributed by atoms with Gasteiger partial charge in [-0.2, -0.15) is 0 Å². The van der Waals surface area contributed by atoms with Gasteiger partial charge in [0.1, 0.15) is 18.5 Å². The van der Waals surface area contributed by atoms with E-state index in [9.17, 15) is 14.7 Å². The van der Waals surface area contributed by atoms with E-state index in [1.165, 1.54) is 0 Å². The van der Waals surface area contributed by atoms with Crippen LogP contribution in [0.1, 0.15) is 11.1 Å². The molecule has 0 saturated carbocycles. The van der Waals surface area contributed by atoms with Gasteiger partial charge in [0.2, 0.25) is 0 Å². The fourth-order valence-electron chi connectivity index (χ4n) is 3.56. The molecule has 32 heavy (non-hydrogen) atoms. The summed E-state index contributed by atoms with van der Waals surface area (Å²) in [5, 5.41) is 11.9. The van der Waals surface area contributed by atoms with Crippen LogP contribution in [0.15, 0.2) is 78.9 Å². The number of carboxylic acid groups (broad SMARTS) is 1. The molecule has 0 aliphatic carbocycles. The Morgan fingerprint density at radius 2 is 1.69 bits per heavy atom. The monoisotopic (exact) mass is 429 g/mol. The summed E-state index contributed by atoms with van der Waals surface area (Å²) in [6.45, 7) is 0.0106. The molecule has 0 fully saturated rings. The summed E-state index contributed by atoms with van der Waals surface area (Å²) < 4.78 is 7.29. The van der Waals surface area contributed by atoms with Gasteiger partial charge < -0.3 is 19.7 Å². The van der Waals surface area contributed by atoms with Gasteiger partial charge in [-0.15, -0.1) is 0 Å². The van der Waals surface area contributed by atoms with Crippen LogP contribution in [0.5, 0.6) is 0 Å². The minimum atomic E-state index is -1.12. The first-order valence-electron chi connectivity index (χ1n) is 10.2. The lowest BCUT2D eigenvalue weighted by Crippen LogP contribution is -2.42. The Bertz CT molecular complexity index is 1240. The minimum Gasteiger partial charge on any atom is -0.480 e. The van der Waals surface area contributed by atoms with E-state index in [1.807, 2.05) is 90.5 Å². The smallest absolute Gasteiger partial charge is 0.408 e. The lowest BCUT2D eigenvalue weighted by Gasteiger charge is -2.14. The third-order valence-electron chi connectivity index (χ3n) is 5.22. The number of carbonyl (C=O) groups is 2. The molecule has 1 aromatic heterocycles. The molecule has 7 heteroatoms. The number of benzene rings is 3. The van der Waals surface area contributed by atoms with Crippen molar-refractivity contribution in [2.24, 2.45) is 7.05 Å². The summed E-state index contributed by atoms with van der Waals surface area (Å²) in [5.41, 5.74) is 4.35. The molecule has 162 valence electrons. The van der Waals surface area contributed by atoms with E-state index in [4.69, 9.17) is 9.72 Å². The topological polar surface area (TPSA) is 93.5 Å². The SMILES string of the molecule is Cn1c(-c2ccccc2)nc2cc(COC(=O)N[C@H](Cc3ccccc3)C(=O)O)ccc21. The van der Waals surface area contributed by atoms with E-state index in [0.717, 1.165) is 33.5 Å². The normalized spacial score (nSPS) is 11.8. The van der Waals surface area contributed by atoms with Gasteiger partial charge in [-0.25, -0.2) is 14.6 Å². The van der Waals surface area contributed by atoms with Crippen LogP contribution in [0.4, 0.5) is 4.79 Å². The average Bonchev–Trinajstić information content (AvgIpc) is 3.14. The molecule has 0 spiro atoms. The number of nitrogens with zero attached hydrogens (tertiary/aromatic N) is 2. The van der Waals surface area contributed by atoms with Gasteiger partial charge in [0, 0.05) is 19.0 Å². The van der Waals surface area contributed by atoms with Crippen LogP contribution in [0.2, 0.25) is 0 Å². The van der Waals surface area contributed by atoms with Crippen LogP contribution in [0.3, 0.4) is 0 Å². The van der Waals surface area contributed by atoms with Crippen molar-refractivity contribution in [3.05, 3.63) is 90.0 Å². The first-order valence-corrected chi connectivity index (χ1v) is 10.2. The fraction of sp³-hybridized carbons (Fsp3) is 0.160. The molecule has 0 aliphatic heterocycles. The highest BCUT2D eigenvalue weighted by Crippen LogP contribution is 2.24. The van der Waals surface area contributed by atoms with Gasteiger partial charge in [-0.05, 0) is 23.3 Å². The van der Waals surface area contributed by atoms with E-state index in [-0.39, 0.29) is 13.0 Å². The Hall–Kier alpha value is -4.13. The maximum Gasteiger partial charge on any atom is 0.408 e. The van der Waals surface area contributed by atoms with Gasteiger partial charge in [-0.3, -0.25) is 0 Å². The quantitative estimate of drug-likeness (QED) is 0.460. The third-order valence-corrected chi connectivity index (χ3v) is 5.22. The summed E-state index contributed by atoms with van der Waals surface area (Å²) in [6.07, 6.45) is -0.604. The van der Waals surface area contributed by atoms with Gasteiger partial charge in [0.25, 0.3) is 0 Å². The number of hydrogen-bond donors (Lipinski definition) is 2. The number of aryl methyl sites for hydroxylation is 1. The van der Waals surface area contributed by atoms with Crippen molar-refractivity contribution >= 4 is 23.1 Å². The van der Waals surface area contributed by atoms with Crippen LogP contribution >= 0.6 is 0 Å². The molecule has 4 rings (SSSR count). The van der Waals surface area contributed by atoms with Gasteiger partial charge in [0.15, 0.2) is 0 Å². The molecule has 0 radical (unpaired) electrons. The maximum atomic E-state index is 12.2. The second-order valence-corrected chi connectivity index (χ2v) is 7.48. The number of aliphatic carboxylic acids is 1. The van der Waals surface area contributed by atoms with E-state index < -0.39 is 18.1 Å². The Labute approximate surface area is 185 Å². The summed E-state index contributed by atoms with van der Waals surface area (Å²) in [7, 11) is 1.96. The zero-order valence-corrected chi connectivity index (χ0v) is 17.6. The molecule has 7 nitrogen and oxygen atoms in total. The first-order chi connectivity index (χ1) is 15.5. The number of hydrogen-bond acceptors (Lipinski definition) is 4. The molecular formula is C25H23N3O4. The van der Waals surface area contributed by atoms with Crippen molar-refractivity contribution in [1.29, 1.82) is 0 Å². The number of ether oxygens (including phenoxy) is 1. The highest BCUT2D eigenvalue weighted by Gasteiger charge is 2.21. The van der Waals surface area contributed by atoms with Crippen LogP contribution in [0.25, 0.3) is 22.4 Å². The van der Waals surface area contributed by atoms with Crippen molar-refractivity contribution in [2.45, 2.75) is 19.1 Å². The van der Waals surface area contributed by atoms with E-state index in [0.29, 0.717) is 0 Å². The Morgan fingerprint density at radius 3 is 2.38 bits per heavy atom. The van der Waals surface area contributed by atoms with E-state index in [2.05, 4.69) is 5.32 Å². The summed E-state index contributed by atoms with van der Waals surface area (Å²) in [5.74, 6) is -0.268. The summed E-state index contributed by atoms with van der Waals surface area (Å²) in [4.78, 5) is 28.5. The van der Waals surface area contributed by atoms with Crippen molar-refractivity contribution in [3.63, 3.8) is 0 Å². The Morgan fingerprint density at radius 1 is 1.00 bits per heavy atom. The summed E-state index contributed by atoms with van der Waals surface area (Å²) >= 11 is 0. The predicted octanol–water partition coefficient (Wildman–Crippen LogP) is 4.16. The zero-order chi connectivity index (χ0) is 22.5. The molecular weight excluding hydrogens is 406 g/mol. The van der Waals surface area contributed by atoms with Crippen LogP contribution in [-0.4, -0.2) is 32.8 Å². The average molecular weight is 429 g/mol. The number of rotatable bonds is 7. The number of carbonyl (C=O) groups excluding carboxylic acids is 1. The first kappa shape index (κ1) is 21.1. The predicted molar refractivity (Wildman–Crippen MR) is 121 cm³/mol. The number of nitrogens with one attached hydrogen (secondary N) is 1. The van der Waals surface area contributed by atoms with Gasteiger partial charge >= 0.3 is 12.1 Å². The number of amides is 1. The highest BCUT2D eigenvalue weighted by atomic mass is 16.5. The number of alkyl carbamates (subject to hydrolysis) is 1. The van der Waals surface area contributed by atoms with Gasteiger partial charge in [0.05, 0.1) is 11.0 Å². The van der Waals surface area contributed by atoms with Crippen LogP contribution in [-0.2, 0) is 29.6 Å². The maximum absolute atomic E-state index is 12.2. The van der Waals surface area contributed by atoms with Crippen LogP contribution < -0.4 is 5.32 Å². The molecule has 0 unspecified atom stereocenters. The molecule has 0 saturated heterocycles. The zero-order valence-electron chi connectivity index (χ0n) is 17.6. The number of aromatic nitrogens is 2. The molecule has 1 heterocycles. The van der Waals surface area contributed by atoms with Crippen molar-refractivity contribution < 1.29 is 19.4 Å². The lowest BCUT2D eigenvalue weighted by atomic mass is 10.1. The standard InChI is InChI=1S/C25H23N3O4/c1-28-22-13-12-18(15-20(22)26-23(28)19-10-6-3-7-11-19)16-32-25(31)27-21(24(29)30)14-17-8-4-2-5-9-17/h2-13,15,21H,14,16H2,1H3,(H,27,31)(H,29,30)/t21-/m1/s1. The molecule has 0 aliphatic rings. The van der Waals surface area contributed by atoms with Crippen molar-refractivity contribution in [2.75, 3.05) is 0 Å². The summed E-state index contributed by atoms with van der Waals surface area (Å²) in [6, 6.07) is 23.6. The second-order valence-electron chi connectivity index (χ2n) is 7.48. The Kier molecular flexibility index (Phi) is 6.17. The number of carboxylic acids is 1. The largest absolute Gasteiger partial charge is 0.480 e. The number of imidazole rings is 1. The minimum absolute atomic E-state index is 0.0106.